The molecular weight excluding hydrogens is 258 g/mol. The van der Waals surface area contributed by atoms with Gasteiger partial charge in [0.05, 0.1) is 5.69 Å². The zero-order chi connectivity index (χ0) is 10.7. The minimum absolute atomic E-state index is 0.412. The second-order valence-electron chi connectivity index (χ2n) is 2.83. The molecule has 0 bridgehead atoms. The van der Waals surface area contributed by atoms with Crippen LogP contribution in [0.4, 0.5) is 5.82 Å². The summed E-state index contributed by atoms with van der Waals surface area (Å²) < 4.78 is 1.01. The first-order chi connectivity index (χ1) is 7.29. The molecule has 1 N–H and O–H groups in total. The van der Waals surface area contributed by atoms with Gasteiger partial charge in [-0.15, -0.1) is 0 Å². The SMILES string of the molecule is [N-]=[N+]=Nc1cc(-c2ccc(Br)cc2)n[nH]1. The summed E-state index contributed by atoms with van der Waals surface area (Å²) in [5.74, 6) is 0.412. The minimum Gasteiger partial charge on any atom is -0.275 e. The number of hydrogen-bond acceptors (Lipinski definition) is 2. The topological polar surface area (TPSA) is 77.4 Å². The molecule has 0 saturated carbocycles. The van der Waals surface area contributed by atoms with E-state index in [1.165, 1.54) is 0 Å². The number of aromatic nitrogens is 2. The van der Waals surface area contributed by atoms with Crippen molar-refractivity contribution in [1.29, 1.82) is 0 Å². The third-order valence-corrected chi connectivity index (χ3v) is 2.39. The van der Waals surface area contributed by atoms with Crippen LogP contribution in [0.15, 0.2) is 39.9 Å². The number of rotatable bonds is 2. The van der Waals surface area contributed by atoms with Gasteiger partial charge < -0.3 is 0 Å². The highest BCUT2D eigenvalue weighted by Gasteiger charge is 2.01. The average molecular weight is 264 g/mol. The molecule has 0 aliphatic carbocycles. The predicted molar refractivity (Wildman–Crippen MR) is 60.5 cm³/mol. The van der Waals surface area contributed by atoms with Crippen molar-refractivity contribution in [2.75, 3.05) is 0 Å². The average Bonchev–Trinajstić information content (AvgIpc) is 2.68. The van der Waals surface area contributed by atoms with Crippen LogP contribution in [0.5, 0.6) is 0 Å². The van der Waals surface area contributed by atoms with Gasteiger partial charge in [-0.1, -0.05) is 28.1 Å². The van der Waals surface area contributed by atoms with Crippen LogP contribution < -0.4 is 0 Å². The zero-order valence-corrected chi connectivity index (χ0v) is 9.14. The molecule has 0 radical (unpaired) electrons. The Balaban J connectivity index is 2.37. The van der Waals surface area contributed by atoms with E-state index in [0.717, 1.165) is 15.7 Å². The maximum Gasteiger partial charge on any atom is 0.122 e. The Morgan fingerprint density at radius 3 is 2.73 bits per heavy atom. The van der Waals surface area contributed by atoms with E-state index in [1.807, 2.05) is 24.3 Å². The van der Waals surface area contributed by atoms with Crippen LogP contribution in [0.3, 0.4) is 0 Å². The highest BCUT2D eigenvalue weighted by atomic mass is 79.9. The third kappa shape index (κ3) is 2.18. The van der Waals surface area contributed by atoms with Crippen molar-refractivity contribution in [3.8, 4) is 11.3 Å². The molecule has 5 nitrogen and oxygen atoms in total. The van der Waals surface area contributed by atoms with Crippen molar-refractivity contribution in [2.45, 2.75) is 0 Å². The summed E-state index contributed by atoms with van der Waals surface area (Å²) in [5.41, 5.74) is 9.96. The molecule has 1 aromatic carbocycles. The van der Waals surface area contributed by atoms with E-state index in [1.54, 1.807) is 6.07 Å². The Bertz CT molecular complexity index is 510. The van der Waals surface area contributed by atoms with E-state index in [4.69, 9.17) is 5.53 Å². The number of benzene rings is 1. The number of hydrogen-bond donors (Lipinski definition) is 1. The molecule has 2 aromatic rings. The molecule has 1 aromatic heterocycles. The van der Waals surface area contributed by atoms with Gasteiger partial charge in [0.25, 0.3) is 0 Å². The Morgan fingerprint density at radius 1 is 1.33 bits per heavy atom. The second kappa shape index (κ2) is 4.16. The van der Waals surface area contributed by atoms with Gasteiger partial charge in [0.1, 0.15) is 5.82 Å². The summed E-state index contributed by atoms with van der Waals surface area (Å²) in [5, 5.41) is 10.1. The van der Waals surface area contributed by atoms with Crippen molar-refractivity contribution < 1.29 is 0 Å². The maximum absolute atomic E-state index is 8.24. The molecule has 0 aliphatic rings. The van der Waals surface area contributed by atoms with Crippen LogP contribution in [0.1, 0.15) is 0 Å². The smallest absolute Gasteiger partial charge is 0.122 e. The van der Waals surface area contributed by atoms with Gasteiger partial charge in [-0.3, -0.25) is 5.10 Å². The van der Waals surface area contributed by atoms with E-state index in [2.05, 4.69) is 36.2 Å². The highest BCUT2D eigenvalue weighted by Crippen LogP contribution is 2.22. The molecule has 15 heavy (non-hydrogen) atoms. The fourth-order valence-electron chi connectivity index (χ4n) is 1.18. The summed E-state index contributed by atoms with van der Waals surface area (Å²) in [6.45, 7) is 0. The molecule has 0 unspecified atom stereocenters. The first-order valence-electron chi connectivity index (χ1n) is 4.16. The van der Waals surface area contributed by atoms with Crippen LogP contribution in [0.25, 0.3) is 21.7 Å². The highest BCUT2D eigenvalue weighted by molar-refractivity contribution is 9.10. The molecule has 2 rings (SSSR count). The monoisotopic (exact) mass is 263 g/mol. The Labute approximate surface area is 93.9 Å². The Morgan fingerprint density at radius 2 is 2.07 bits per heavy atom. The van der Waals surface area contributed by atoms with E-state index in [-0.39, 0.29) is 0 Å². The van der Waals surface area contributed by atoms with Gasteiger partial charge in [-0.05, 0) is 28.8 Å². The molecule has 6 heteroatoms. The largest absolute Gasteiger partial charge is 0.275 e. The van der Waals surface area contributed by atoms with Crippen molar-refractivity contribution in [1.82, 2.24) is 10.2 Å². The van der Waals surface area contributed by atoms with Crippen LogP contribution >= 0.6 is 15.9 Å². The molecule has 0 amide bonds. The van der Waals surface area contributed by atoms with Crippen LogP contribution in [-0.2, 0) is 0 Å². The third-order valence-electron chi connectivity index (χ3n) is 1.86. The molecule has 0 atom stereocenters. The lowest BCUT2D eigenvalue weighted by Crippen LogP contribution is -1.76. The van der Waals surface area contributed by atoms with Gasteiger partial charge in [-0.2, -0.15) is 5.10 Å². The van der Waals surface area contributed by atoms with Crippen molar-refractivity contribution >= 4 is 21.7 Å². The maximum atomic E-state index is 8.24. The summed E-state index contributed by atoms with van der Waals surface area (Å²) in [6.07, 6.45) is 0. The number of nitrogens with one attached hydrogen (secondary N) is 1. The summed E-state index contributed by atoms with van der Waals surface area (Å²) in [4.78, 5) is 2.67. The van der Waals surface area contributed by atoms with Crippen molar-refractivity contribution in [3.05, 3.63) is 45.2 Å². The van der Waals surface area contributed by atoms with Crippen LogP contribution in [-0.4, -0.2) is 10.2 Å². The van der Waals surface area contributed by atoms with E-state index in [0.29, 0.717) is 5.82 Å². The Kier molecular flexibility index (Phi) is 2.71. The molecule has 0 fully saturated rings. The molecule has 1 heterocycles. The molecular formula is C9H6BrN5. The molecule has 0 saturated heterocycles. The first-order valence-corrected chi connectivity index (χ1v) is 4.95. The first kappa shape index (κ1) is 9.76. The summed E-state index contributed by atoms with van der Waals surface area (Å²) in [7, 11) is 0. The second-order valence-corrected chi connectivity index (χ2v) is 3.75. The fraction of sp³-hybridized carbons (Fsp3) is 0. The van der Waals surface area contributed by atoms with Gasteiger partial charge in [0.15, 0.2) is 0 Å². The van der Waals surface area contributed by atoms with Crippen LogP contribution in [0.2, 0.25) is 0 Å². The normalized spacial score (nSPS) is 9.67. The van der Waals surface area contributed by atoms with Gasteiger partial charge in [0, 0.05) is 14.9 Å². The van der Waals surface area contributed by atoms with E-state index in [9.17, 15) is 0 Å². The van der Waals surface area contributed by atoms with Gasteiger partial charge >= 0.3 is 0 Å². The lowest BCUT2D eigenvalue weighted by Gasteiger charge is -1.94. The van der Waals surface area contributed by atoms with E-state index >= 15 is 0 Å². The van der Waals surface area contributed by atoms with Gasteiger partial charge in [0.2, 0.25) is 0 Å². The van der Waals surface area contributed by atoms with E-state index < -0.39 is 0 Å². The zero-order valence-electron chi connectivity index (χ0n) is 7.55. The predicted octanol–water partition coefficient (Wildman–Crippen LogP) is 3.78. The number of aromatic amines is 1. The standard InChI is InChI=1S/C9H6BrN5/c10-7-3-1-6(2-4-7)8-5-9(13-12-8)14-15-11/h1-5H,(H,12,13). The number of H-pyrrole nitrogens is 1. The minimum atomic E-state index is 0.412. The lowest BCUT2D eigenvalue weighted by molar-refractivity contribution is 1.08. The Hall–Kier alpha value is -1.78. The summed E-state index contributed by atoms with van der Waals surface area (Å²) in [6, 6.07) is 9.41. The molecule has 0 aliphatic heterocycles. The van der Waals surface area contributed by atoms with Crippen LogP contribution in [0, 0.1) is 0 Å². The van der Waals surface area contributed by atoms with Gasteiger partial charge in [-0.25, -0.2) is 0 Å². The fourth-order valence-corrected chi connectivity index (χ4v) is 1.44. The molecule has 74 valence electrons. The number of nitrogens with zero attached hydrogens (tertiary/aromatic N) is 4. The molecule has 0 spiro atoms. The lowest BCUT2D eigenvalue weighted by atomic mass is 10.2. The number of halogens is 1. The number of azide groups is 1. The van der Waals surface area contributed by atoms with Crippen molar-refractivity contribution in [3.63, 3.8) is 0 Å². The van der Waals surface area contributed by atoms with Crippen molar-refractivity contribution in [2.24, 2.45) is 5.11 Å². The summed E-state index contributed by atoms with van der Waals surface area (Å²) >= 11 is 3.35. The quantitative estimate of drug-likeness (QED) is 0.500.